The van der Waals surface area contributed by atoms with E-state index in [4.69, 9.17) is 0 Å². The Kier molecular flexibility index (Phi) is 3.63. The summed E-state index contributed by atoms with van der Waals surface area (Å²) in [6.45, 7) is 5.55. The third-order valence-corrected chi connectivity index (χ3v) is 6.01. The van der Waals surface area contributed by atoms with E-state index in [0.29, 0.717) is 11.5 Å². The topological polar surface area (TPSA) is 40.5 Å². The summed E-state index contributed by atoms with van der Waals surface area (Å²) >= 11 is 1.70. The van der Waals surface area contributed by atoms with E-state index >= 15 is 0 Å². The maximum atomic E-state index is 11.8. The van der Waals surface area contributed by atoms with Crippen LogP contribution in [0.15, 0.2) is 11.4 Å². The van der Waals surface area contributed by atoms with Crippen molar-refractivity contribution in [1.29, 1.82) is 0 Å². The van der Waals surface area contributed by atoms with Gasteiger partial charge in [-0.25, -0.2) is 0 Å². The zero-order valence-corrected chi connectivity index (χ0v) is 13.1. The van der Waals surface area contributed by atoms with Crippen molar-refractivity contribution in [3.63, 3.8) is 0 Å². The van der Waals surface area contributed by atoms with Crippen molar-refractivity contribution in [2.75, 3.05) is 6.54 Å². The maximum Gasteiger partial charge on any atom is 0.325 e. The molecule has 1 aliphatic heterocycles. The van der Waals surface area contributed by atoms with Crippen molar-refractivity contribution in [2.24, 2.45) is 5.41 Å². The SMILES string of the molecule is CC1(C)CCC(N2CCc3sccc3C2C(=O)O)CC1. The van der Waals surface area contributed by atoms with Gasteiger partial charge in [-0.1, -0.05) is 13.8 Å². The number of carbonyl (C=O) groups is 1. The molecule has 3 nitrogen and oxygen atoms in total. The van der Waals surface area contributed by atoms with Gasteiger partial charge in [0.2, 0.25) is 0 Å². The molecule has 3 rings (SSSR count). The predicted octanol–water partition coefficient (Wildman–Crippen LogP) is 3.70. The molecule has 0 saturated heterocycles. The number of hydrogen-bond acceptors (Lipinski definition) is 3. The number of aliphatic carboxylic acids is 1. The molecule has 2 heterocycles. The third kappa shape index (κ3) is 2.51. The number of nitrogens with zero attached hydrogens (tertiary/aromatic N) is 1. The summed E-state index contributed by atoms with van der Waals surface area (Å²) in [6, 6.07) is 2.03. The lowest BCUT2D eigenvalue weighted by molar-refractivity contribution is -0.145. The molecule has 1 saturated carbocycles. The molecule has 1 aliphatic carbocycles. The smallest absolute Gasteiger partial charge is 0.325 e. The van der Waals surface area contributed by atoms with Crippen LogP contribution in [0.1, 0.15) is 56.0 Å². The normalized spacial score (nSPS) is 27.2. The molecule has 4 heteroatoms. The van der Waals surface area contributed by atoms with E-state index in [1.54, 1.807) is 11.3 Å². The van der Waals surface area contributed by atoms with Crippen molar-refractivity contribution in [3.05, 3.63) is 21.9 Å². The van der Waals surface area contributed by atoms with Crippen LogP contribution in [0.2, 0.25) is 0 Å². The number of fused-ring (bicyclic) bond motifs is 1. The Balaban J connectivity index is 1.81. The minimum absolute atomic E-state index is 0.420. The first-order valence-electron chi connectivity index (χ1n) is 7.53. The largest absolute Gasteiger partial charge is 0.480 e. The highest BCUT2D eigenvalue weighted by Crippen LogP contribution is 2.41. The molecule has 0 radical (unpaired) electrons. The molecular formula is C16H23NO2S. The van der Waals surface area contributed by atoms with E-state index in [-0.39, 0.29) is 0 Å². The molecule has 0 bridgehead atoms. The fraction of sp³-hybridized carbons (Fsp3) is 0.688. The van der Waals surface area contributed by atoms with E-state index in [0.717, 1.165) is 31.4 Å². The number of hydrogen-bond donors (Lipinski definition) is 1. The highest BCUT2D eigenvalue weighted by atomic mass is 32.1. The minimum Gasteiger partial charge on any atom is -0.480 e. The van der Waals surface area contributed by atoms with Gasteiger partial charge in [0.05, 0.1) is 0 Å². The third-order valence-electron chi connectivity index (χ3n) is 5.01. The summed E-state index contributed by atoms with van der Waals surface area (Å²) in [7, 11) is 0. The Labute approximate surface area is 124 Å². The summed E-state index contributed by atoms with van der Waals surface area (Å²) in [5.41, 5.74) is 1.47. The van der Waals surface area contributed by atoms with Crippen molar-refractivity contribution in [3.8, 4) is 0 Å². The Bertz CT molecular complexity index is 498. The molecule has 0 aromatic carbocycles. The van der Waals surface area contributed by atoms with Gasteiger partial charge in [-0.15, -0.1) is 11.3 Å². The lowest BCUT2D eigenvalue weighted by Crippen LogP contribution is -2.47. The fourth-order valence-electron chi connectivity index (χ4n) is 3.72. The van der Waals surface area contributed by atoms with E-state index in [2.05, 4.69) is 18.7 Å². The molecule has 20 heavy (non-hydrogen) atoms. The highest BCUT2D eigenvalue weighted by Gasteiger charge is 2.39. The molecule has 1 aromatic heterocycles. The van der Waals surface area contributed by atoms with Gasteiger partial charge in [0.25, 0.3) is 0 Å². The summed E-state index contributed by atoms with van der Waals surface area (Å²) in [5.74, 6) is -0.686. The lowest BCUT2D eigenvalue weighted by Gasteiger charge is -2.44. The number of carboxylic acid groups (broad SMARTS) is 1. The van der Waals surface area contributed by atoms with Crippen molar-refractivity contribution < 1.29 is 9.90 Å². The van der Waals surface area contributed by atoms with E-state index in [9.17, 15) is 9.90 Å². The van der Waals surface area contributed by atoms with Crippen molar-refractivity contribution in [1.82, 2.24) is 4.90 Å². The van der Waals surface area contributed by atoms with Crippen molar-refractivity contribution in [2.45, 2.75) is 58.0 Å². The molecule has 1 aromatic rings. The quantitative estimate of drug-likeness (QED) is 0.904. The van der Waals surface area contributed by atoms with Gasteiger partial charge < -0.3 is 5.11 Å². The molecular weight excluding hydrogens is 270 g/mol. The Morgan fingerprint density at radius 2 is 2.10 bits per heavy atom. The maximum absolute atomic E-state index is 11.8. The minimum atomic E-state index is -0.686. The van der Waals surface area contributed by atoms with Gasteiger partial charge in [-0.2, -0.15) is 0 Å². The average molecular weight is 293 g/mol. The van der Waals surface area contributed by atoms with Gasteiger partial charge in [0, 0.05) is 17.5 Å². The fourth-order valence-corrected chi connectivity index (χ4v) is 4.62. The second-order valence-electron chi connectivity index (χ2n) is 6.92. The zero-order chi connectivity index (χ0) is 14.3. The second-order valence-corrected chi connectivity index (χ2v) is 7.92. The number of thiophene rings is 1. The Morgan fingerprint density at radius 1 is 1.40 bits per heavy atom. The first kappa shape index (κ1) is 14.1. The standard InChI is InChI=1S/C16H23NO2S/c1-16(2)7-3-11(4-8-16)17-9-5-13-12(6-10-20-13)14(17)15(18)19/h6,10-11,14H,3-5,7-9H2,1-2H3,(H,18,19). The zero-order valence-electron chi connectivity index (χ0n) is 12.3. The molecule has 2 aliphatic rings. The van der Waals surface area contributed by atoms with Crippen LogP contribution in [0, 0.1) is 5.41 Å². The van der Waals surface area contributed by atoms with Crippen LogP contribution in [0.5, 0.6) is 0 Å². The Hall–Kier alpha value is -0.870. The summed E-state index contributed by atoms with van der Waals surface area (Å²) in [6.07, 6.45) is 5.69. The molecule has 110 valence electrons. The predicted molar refractivity (Wildman–Crippen MR) is 81.1 cm³/mol. The van der Waals surface area contributed by atoms with E-state index in [1.807, 2.05) is 11.4 Å². The van der Waals surface area contributed by atoms with E-state index in [1.165, 1.54) is 17.7 Å². The molecule has 0 amide bonds. The second kappa shape index (κ2) is 5.15. The van der Waals surface area contributed by atoms with Crippen molar-refractivity contribution >= 4 is 17.3 Å². The van der Waals surface area contributed by atoms with Crippen LogP contribution in [0.3, 0.4) is 0 Å². The van der Waals surface area contributed by atoms with Crippen LogP contribution in [0.25, 0.3) is 0 Å². The number of carboxylic acids is 1. The summed E-state index contributed by atoms with van der Waals surface area (Å²) in [4.78, 5) is 15.3. The number of rotatable bonds is 2. The van der Waals surface area contributed by atoms with Crippen LogP contribution >= 0.6 is 11.3 Å². The van der Waals surface area contributed by atoms with Gasteiger partial charge in [-0.3, -0.25) is 9.69 Å². The summed E-state index contributed by atoms with van der Waals surface area (Å²) < 4.78 is 0. The monoisotopic (exact) mass is 293 g/mol. The molecule has 1 fully saturated rings. The summed E-state index contributed by atoms with van der Waals surface area (Å²) in [5, 5.41) is 11.7. The van der Waals surface area contributed by atoms with Gasteiger partial charge >= 0.3 is 5.97 Å². The first-order valence-corrected chi connectivity index (χ1v) is 8.41. The van der Waals surface area contributed by atoms with Crippen LogP contribution in [-0.2, 0) is 11.2 Å². The first-order chi connectivity index (χ1) is 9.48. The Morgan fingerprint density at radius 3 is 2.75 bits per heavy atom. The van der Waals surface area contributed by atoms with Gasteiger partial charge in [0.15, 0.2) is 0 Å². The van der Waals surface area contributed by atoms with Crippen LogP contribution < -0.4 is 0 Å². The molecule has 1 N–H and O–H groups in total. The molecule has 1 atom stereocenters. The molecule has 1 unspecified atom stereocenters. The van der Waals surface area contributed by atoms with Crippen LogP contribution in [0.4, 0.5) is 0 Å². The average Bonchev–Trinajstić information content (AvgIpc) is 2.85. The molecule has 0 spiro atoms. The van der Waals surface area contributed by atoms with E-state index < -0.39 is 12.0 Å². The van der Waals surface area contributed by atoms with Crippen LogP contribution in [-0.4, -0.2) is 28.6 Å². The van der Waals surface area contributed by atoms with Gasteiger partial charge in [-0.05, 0) is 54.5 Å². The lowest BCUT2D eigenvalue weighted by atomic mass is 9.74. The highest BCUT2D eigenvalue weighted by molar-refractivity contribution is 7.10. The van der Waals surface area contributed by atoms with Gasteiger partial charge in [0.1, 0.15) is 6.04 Å².